The maximum absolute atomic E-state index is 13.0. The first-order chi connectivity index (χ1) is 8.11. The van der Waals surface area contributed by atoms with Crippen molar-refractivity contribution in [3.8, 4) is 16.6 Å². The van der Waals surface area contributed by atoms with Crippen LogP contribution in [0.2, 0.25) is 0 Å². The Morgan fingerprint density at radius 3 is 2.82 bits per heavy atom. The van der Waals surface area contributed by atoms with E-state index < -0.39 is 5.82 Å². The van der Waals surface area contributed by atoms with Gasteiger partial charge in [0.1, 0.15) is 21.9 Å². The summed E-state index contributed by atoms with van der Waals surface area (Å²) in [6.07, 6.45) is 2.62. The van der Waals surface area contributed by atoms with Crippen molar-refractivity contribution in [1.29, 1.82) is 5.26 Å². The van der Waals surface area contributed by atoms with Gasteiger partial charge in [0.25, 0.3) is 0 Å². The first-order valence-electron chi connectivity index (χ1n) is 4.56. The van der Waals surface area contributed by atoms with Crippen LogP contribution in [0.15, 0.2) is 18.5 Å². The van der Waals surface area contributed by atoms with E-state index in [-0.39, 0.29) is 5.69 Å². The average molecular weight is 266 g/mol. The molecule has 0 spiro atoms. The van der Waals surface area contributed by atoms with Gasteiger partial charge in [0.2, 0.25) is 0 Å². The van der Waals surface area contributed by atoms with E-state index in [4.69, 9.17) is 5.26 Å². The highest BCUT2D eigenvalue weighted by Crippen LogP contribution is 2.34. The molecule has 0 N–H and O–H groups in total. The number of aromatic nitrogens is 2. The average Bonchev–Trinajstić information content (AvgIpc) is 2.73. The minimum Gasteiger partial charge on any atom is -0.311 e. The fourth-order valence-electron chi connectivity index (χ4n) is 1.26. The zero-order valence-corrected chi connectivity index (χ0v) is 10.5. The summed E-state index contributed by atoms with van der Waals surface area (Å²) < 4.78 is 14.5. The summed E-state index contributed by atoms with van der Waals surface area (Å²) in [5.74, 6) is -0.433. The van der Waals surface area contributed by atoms with Crippen molar-refractivity contribution in [2.75, 3.05) is 11.4 Å². The third-order valence-electron chi connectivity index (χ3n) is 1.96. The van der Waals surface area contributed by atoms with Crippen LogP contribution in [0.25, 0.3) is 10.6 Å². The van der Waals surface area contributed by atoms with Gasteiger partial charge in [-0.2, -0.15) is 5.26 Å². The van der Waals surface area contributed by atoms with Gasteiger partial charge in [-0.05, 0) is 6.07 Å². The van der Waals surface area contributed by atoms with Crippen molar-refractivity contribution < 1.29 is 4.39 Å². The van der Waals surface area contributed by atoms with Crippen molar-refractivity contribution in [2.24, 2.45) is 0 Å². The Kier molecular flexibility index (Phi) is 3.26. The number of halogens is 1. The fraction of sp³-hybridized carbons (Fsp3) is 0.100. The number of nitrogens with zero attached hydrogens (tertiary/aromatic N) is 4. The number of hydrogen-bond donors (Lipinski definition) is 1. The Morgan fingerprint density at radius 1 is 1.53 bits per heavy atom. The quantitative estimate of drug-likeness (QED) is 0.848. The summed E-state index contributed by atoms with van der Waals surface area (Å²) in [5.41, 5.74) is 0.819. The van der Waals surface area contributed by atoms with Crippen LogP contribution in [0.3, 0.4) is 0 Å². The molecule has 0 aromatic carbocycles. The Morgan fingerprint density at radius 2 is 2.29 bits per heavy atom. The highest BCUT2D eigenvalue weighted by Gasteiger charge is 2.14. The van der Waals surface area contributed by atoms with Gasteiger partial charge >= 0.3 is 0 Å². The molecule has 0 saturated heterocycles. The highest BCUT2D eigenvalue weighted by molar-refractivity contribution is 7.82. The van der Waals surface area contributed by atoms with Gasteiger partial charge < -0.3 is 4.31 Å². The second kappa shape index (κ2) is 4.69. The molecule has 2 rings (SSSR count). The largest absolute Gasteiger partial charge is 0.311 e. The second-order valence-corrected chi connectivity index (χ2v) is 4.78. The predicted octanol–water partition coefficient (Wildman–Crippen LogP) is 2.50. The summed E-state index contributed by atoms with van der Waals surface area (Å²) in [7, 11) is 1.70. The molecule has 0 aliphatic rings. The second-order valence-electron chi connectivity index (χ2n) is 3.20. The van der Waals surface area contributed by atoms with Gasteiger partial charge in [0, 0.05) is 18.8 Å². The lowest BCUT2D eigenvalue weighted by atomic mass is 10.3. The van der Waals surface area contributed by atoms with Crippen molar-refractivity contribution in [3.63, 3.8) is 0 Å². The molecular weight excluding hydrogens is 259 g/mol. The van der Waals surface area contributed by atoms with E-state index in [9.17, 15) is 4.39 Å². The molecule has 0 aliphatic carbocycles. The molecule has 0 atom stereocenters. The van der Waals surface area contributed by atoms with Gasteiger partial charge in [-0.3, -0.25) is 4.98 Å². The van der Waals surface area contributed by atoms with Gasteiger partial charge in [-0.15, -0.1) is 0 Å². The zero-order valence-electron chi connectivity index (χ0n) is 8.75. The summed E-state index contributed by atoms with van der Waals surface area (Å²) in [6, 6.07) is 3.30. The Labute approximate surface area is 107 Å². The molecule has 0 radical (unpaired) electrons. The monoisotopic (exact) mass is 266 g/mol. The molecular formula is C10H7FN4S2. The topological polar surface area (TPSA) is 52.8 Å². The van der Waals surface area contributed by atoms with Crippen LogP contribution in [0.1, 0.15) is 5.69 Å². The summed E-state index contributed by atoms with van der Waals surface area (Å²) in [5, 5.41) is 10.1. The molecule has 4 nitrogen and oxygen atoms in total. The van der Waals surface area contributed by atoms with Gasteiger partial charge in [-0.25, -0.2) is 9.37 Å². The molecule has 86 valence electrons. The zero-order chi connectivity index (χ0) is 12.4. The Bertz CT molecular complexity index is 588. The van der Waals surface area contributed by atoms with Crippen LogP contribution in [-0.2, 0) is 0 Å². The number of pyridine rings is 1. The van der Waals surface area contributed by atoms with E-state index in [0.717, 1.165) is 6.20 Å². The van der Waals surface area contributed by atoms with Crippen molar-refractivity contribution in [3.05, 3.63) is 30.0 Å². The van der Waals surface area contributed by atoms with E-state index >= 15 is 0 Å². The minimum absolute atomic E-state index is 0.270. The molecule has 17 heavy (non-hydrogen) atoms. The minimum atomic E-state index is -0.433. The van der Waals surface area contributed by atoms with E-state index in [1.807, 2.05) is 6.07 Å². The molecule has 2 heterocycles. The third kappa shape index (κ3) is 2.38. The summed E-state index contributed by atoms with van der Waals surface area (Å²) >= 11 is 5.38. The first kappa shape index (κ1) is 11.8. The summed E-state index contributed by atoms with van der Waals surface area (Å²) in [6.45, 7) is 0. The van der Waals surface area contributed by atoms with Crippen molar-refractivity contribution in [1.82, 2.24) is 9.97 Å². The number of thiazole rings is 1. The molecule has 7 heteroatoms. The van der Waals surface area contributed by atoms with Crippen LogP contribution >= 0.6 is 24.2 Å². The first-order valence-corrected chi connectivity index (χ1v) is 5.78. The molecule has 2 aromatic rings. The van der Waals surface area contributed by atoms with Gasteiger partial charge in [0.15, 0.2) is 5.69 Å². The van der Waals surface area contributed by atoms with Crippen LogP contribution in [0.5, 0.6) is 0 Å². The number of hydrogen-bond acceptors (Lipinski definition) is 6. The SMILES string of the molecule is CN(S)c1sc(-c2cncc(F)c2)nc1C#N. The van der Waals surface area contributed by atoms with Crippen LogP contribution < -0.4 is 4.31 Å². The predicted molar refractivity (Wildman–Crippen MR) is 67.4 cm³/mol. The number of rotatable bonds is 2. The van der Waals surface area contributed by atoms with E-state index in [0.29, 0.717) is 15.6 Å². The Balaban J connectivity index is 2.51. The lowest BCUT2D eigenvalue weighted by molar-refractivity contribution is 0.622. The van der Waals surface area contributed by atoms with E-state index in [1.165, 1.54) is 27.9 Å². The smallest absolute Gasteiger partial charge is 0.176 e. The molecule has 0 fully saturated rings. The van der Waals surface area contributed by atoms with E-state index in [1.54, 1.807) is 7.05 Å². The number of anilines is 1. The van der Waals surface area contributed by atoms with Gasteiger partial charge in [-0.1, -0.05) is 24.2 Å². The van der Waals surface area contributed by atoms with Crippen LogP contribution in [0, 0.1) is 17.1 Å². The lowest BCUT2D eigenvalue weighted by Crippen LogP contribution is -1.99. The van der Waals surface area contributed by atoms with Crippen molar-refractivity contribution >= 4 is 29.2 Å². The number of nitriles is 1. The molecule has 0 amide bonds. The molecule has 2 aromatic heterocycles. The number of thiol groups is 1. The van der Waals surface area contributed by atoms with Gasteiger partial charge in [0.05, 0.1) is 6.20 Å². The van der Waals surface area contributed by atoms with Crippen LogP contribution in [-0.4, -0.2) is 17.0 Å². The molecule has 0 bridgehead atoms. The van der Waals surface area contributed by atoms with E-state index in [2.05, 4.69) is 22.8 Å². The highest BCUT2D eigenvalue weighted by atomic mass is 32.1. The lowest BCUT2D eigenvalue weighted by Gasteiger charge is -2.05. The Hall–Kier alpha value is -1.65. The van der Waals surface area contributed by atoms with Crippen molar-refractivity contribution in [2.45, 2.75) is 0 Å². The molecule has 0 aliphatic heterocycles. The standard InChI is InChI=1S/C10H7FN4S2/c1-15(16)10-8(3-12)14-9(17-10)6-2-7(11)5-13-4-6/h2,4-5,16H,1H3. The normalized spacial score (nSPS) is 10.0. The summed E-state index contributed by atoms with van der Waals surface area (Å²) in [4.78, 5) is 7.87. The third-order valence-corrected chi connectivity index (χ3v) is 3.48. The fourth-order valence-corrected chi connectivity index (χ4v) is 2.34. The molecule has 0 saturated carbocycles. The van der Waals surface area contributed by atoms with Crippen LogP contribution in [0.4, 0.5) is 9.39 Å². The molecule has 0 unspecified atom stereocenters. The maximum atomic E-state index is 13.0. The maximum Gasteiger partial charge on any atom is 0.176 e.